The van der Waals surface area contributed by atoms with Crippen LogP contribution < -0.4 is 4.90 Å². The average molecular weight is 331 g/mol. The van der Waals surface area contributed by atoms with E-state index in [-0.39, 0.29) is 0 Å². The molecule has 2 aromatic heterocycles. The Kier molecular flexibility index (Phi) is 4.06. The van der Waals surface area contributed by atoms with Gasteiger partial charge in [-0.3, -0.25) is 10.1 Å². The van der Waals surface area contributed by atoms with Gasteiger partial charge in [0.2, 0.25) is 0 Å². The standard InChI is InChI=1S/C20H21N5/c1-14-12-21-15(2)20(22-14)25-11-10-19-17(13-25)18(23-24-19)9-8-16-6-4-3-5-7-16/h3-9,12H,10-11,13H2,1-2H3,(H,23,24). The molecule has 3 heterocycles. The molecule has 25 heavy (non-hydrogen) atoms. The molecule has 0 bridgehead atoms. The van der Waals surface area contributed by atoms with Gasteiger partial charge >= 0.3 is 0 Å². The molecule has 0 aliphatic carbocycles. The molecule has 4 rings (SSSR count). The van der Waals surface area contributed by atoms with Crippen molar-refractivity contribution in [3.05, 3.63) is 70.4 Å². The second-order valence-corrected chi connectivity index (χ2v) is 6.40. The van der Waals surface area contributed by atoms with Crippen LogP contribution in [0.15, 0.2) is 36.5 Å². The number of benzene rings is 1. The van der Waals surface area contributed by atoms with Crippen molar-refractivity contribution in [3.8, 4) is 0 Å². The number of aromatic amines is 1. The first-order valence-corrected chi connectivity index (χ1v) is 8.55. The highest BCUT2D eigenvalue weighted by Crippen LogP contribution is 2.26. The zero-order valence-corrected chi connectivity index (χ0v) is 14.5. The van der Waals surface area contributed by atoms with Crippen molar-refractivity contribution in [1.29, 1.82) is 0 Å². The molecule has 0 unspecified atom stereocenters. The van der Waals surface area contributed by atoms with E-state index in [1.165, 1.54) is 16.8 Å². The second-order valence-electron chi connectivity index (χ2n) is 6.40. The van der Waals surface area contributed by atoms with Gasteiger partial charge < -0.3 is 4.90 Å². The van der Waals surface area contributed by atoms with E-state index < -0.39 is 0 Å². The molecule has 0 radical (unpaired) electrons. The molecule has 0 saturated carbocycles. The number of aromatic nitrogens is 4. The second kappa shape index (κ2) is 6.51. The average Bonchev–Trinajstić information content (AvgIpc) is 3.05. The highest BCUT2D eigenvalue weighted by atomic mass is 15.2. The first-order valence-electron chi connectivity index (χ1n) is 8.55. The van der Waals surface area contributed by atoms with Crippen LogP contribution in [0.2, 0.25) is 0 Å². The Balaban J connectivity index is 1.61. The molecule has 1 aliphatic rings. The molecular formula is C20H21N5. The number of fused-ring (bicyclic) bond motifs is 1. The van der Waals surface area contributed by atoms with Gasteiger partial charge in [0.05, 0.1) is 17.1 Å². The molecule has 5 nitrogen and oxygen atoms in total. The molecule has 0 amide bonds. The molecule has 0 atom stereocenters. The van der Waals surface area contributed by atoms with E-state index in [0.717, 1.165) is 42.4 Å². The summed E-state index contributed by atoms with van der Waals surface area (Å²) in [4.78, 5) is 11.4. The summed E-state index contributed by atoms with van der Waals surface area (Å²) in [5, 5.41) is 7.70. The van der Waals surface area contributed by atoms with Crippen LogP contribution in [0.25, 0.3) is 12.2 Å². The predicted molar refractivity (Wildman–Crippen MR) is 100 cm³/mol. The van der Waals surface area contributed by atoms with Crippen LogP contribution in [0.5, 0.6) is 0 Å². The fourth-order valence-electron chi connectivity index (χ4n) is 3.20. The van der Waals surface area contributed by atoms with E-state index in [0.29, 0.717) is 0 Å². The maximum Gasteiger partial charge on any atom is 0.150 e. The summed E-state index contributed by atoms with van der Waals surface area (Å²) in [5.74, 6) is 0.977. The van der Waals surface area contributed by atoms with Crippen molar-refractivity contribution in [3.63, 3.8) is 0 Å². The zero-order valence-electron chi connectivity index (χ0n) is 14.5. The summed E-state index contributed by atoms with van der Waals surface area (Å²) < 4.78 is 0. The first kappa shape index (κ1) is 15.6. The monoisotopic (exact) mass is 331 g/mol. The van der Waals surface area contributed by atoms with Gasteiger partial charge in [0, 0.05) is 37.0 Å². The fourth-order valence-corrected chi connectivity index (χ4v) is 3.20. The van der Waals surface area contributed by atoms with E-state index in [9.17, 15) is 0 Å². The maximum atomic E-state index is 4.69. The van der Waals surface area contributed by atoms with Crippen LogP contribution in [-0.4, -0.2) is 26.7 Å². The summed E-state index contributed by atoms with van der Waals surface area (Å²) >= 11 is 0. The molecule has 3 aromatic rings. The van der Waals surface area contributed by atoms with Gasteiger partial charge in [-0.25, -0.2) is 4.98 Å². The molecule has 0 fully saturated rings. The quantitative estimate of drug-likeness (QED) is 0.797. The molecule has 5 heteroatoms. The van der Waals surface area contributed by atoms with Crippen molar-refractivity contribution in [1.82, 2.24) is 20.2 Å². The van der Waals surface area contributed by atoms with Gasteiger partial charge in [-0.2, -0.15) is 5.10 Å². The normalized spacial score (nSPS) is 14.1. The third-order valence-corrected chi connectivity index (χ3v) is 4.55. The predicted octanol–water partition coefficient (Wildman–Crippen LogP) is 3.55. The van der Waals surface area contributed by atoms with E-state index in [4.69, 9.17) is 4.98 Å². The van der Waals surface area contributed by atoms with E-state index in [2.05, 4.69) is 44.4 Å². The van der Waals surface area contributed by atoms with Crippen LogP contribution >= 0.6 is 0 Å². The Morgan fingerprint density at radius 1 is 1.12 bits per heavy atom. The minimum atomic E-state index is 0.805. The van der Waals surface area contributed by atoms with Gasteiger partial charge in [0.15, 0.2) is 5.82 Å². The summed E-state index contributed by atoms with van der Waals surface area (Å²) in [6, 6.07) is 10.3. The van der Waals surface area contributed by atoms with Crippen molar-refractivity contribution in [2.75, 3.05) is 11.4 Å². The summed E-state index contributed by atoms with van der Waals surface area (Å²) in [6.07, 6.45) is 6.95. The Labute approximate surface area is 147 Å². The lowest BCUT2D eigenvalue weighted by Gasteiger charge is -2.29. The number of rotatable bonds is 3. The van der Waals surface area contributed by atoms with Crippen LogP contribution in [0, 0.1) is 13.8 Å². The van der Waals surface area contributed by atoms with Gasteiger partial charge in [-0.15, -0.1) is 0 Å². The zero-order chi connectivity index (χ0) is 17.2. The SMILES string of the molecule is Cc1cnc(C)c(N2CCc3[nH]nc(C=Cc4ccccc4)c3C2)n1. The summed E-state index contributed by atoms with van der Waals surface area (Å²) in [7, 11) is 0. The Morgan fingerprint density at radius 3 is 2.80 bits per heavy atom. The number of hydrogen-bond acceptors (Lipinski definition) is 4. The highest BCUT2D eigenvalue weighted by Gasteiger charge is 2.23. The maximum absolute atomic E-state index is 4.69. The molecule has 1 aromatic carbocycles. The van der Waals surface area contributed by atoms with Gasteiger partial charge in [-0.05, 0) is 25.5 Å². The third-order valence-electron chi connectivity index (χ3n) is 4.55. The van der Waals surface area contributed by atoms with Crippen LogP contribution in [0.4, 0.5) is 5.82 Å². The number of hydrogen-bond donors (Lipinski definition) is 1. The summed E-state index contributed by atoms with van der Waals surface area (Å²) in [6.45, 7) is 5.73. The molecular weight excluding hydrogens is 310 g/mol. The number of nitrogens with zero attached hydrogens (tertiary/aromatic N) is 4. The van der Waals surface area contributed by atoms with E-state index in [1.807, 2.05) is 38.2 Å². The highest BCUT2D eigenvalue weighted by molar-refractivity contribution is 5.70. The lowest BCUT2D eigenvalue weighted by molar-refractivity contribution is 0.703. The Morgan fingerprint density at radius 2 is 1.96 bits per heavy atom. The largest absolute Gasteiger partial charge is 0.350 e. The molecule has 0 saturated heterocycles. The van der Waals surface area contributed by atoms with E-state index in [1.54, 1.807) is 0 Å². The van der Waals surface area contributed by atoms with Crippen molar-refractivity contribution in [2.45, 2.75) is 26.8 Å². The smallest absolute Gasteiger partial charge is 0.150 e. The minimum Gasteiger partial charge on any atom is -0.350 e. The summed E-state index contributed by atoms with van der Waals surface area (Å²) in [5.41, 5.74) is 6.57. The topological polar surface area (TPSA) is 57.7 Å². The molecule has 1 aliphatic heterocycles. The van der Waals surface area contributed by atoms with Gasteiger partial charge in [-0.1, -0.05) is 36.4 Å². The number of anilines is 1. The lowest BCUT2D eigenvalue weighted by Crippen LogP contribution is -2.32. The van der Waals surface area contributed by atoms with Gasteiger partial charge in [0.25, 0.3) is 0 Å². The van der Waals surface area contributed by atoms with Crippen LogP contribution in [0.1, 0.15) is 33.9 Å². The van der Waals surface area contributed by atoms with Crippen molar-refractivity contribution in [2.24, 2.45) is 0 Å². The number of aryl methyl sites for hydroxylation is 2. The van der Waals surface area contributed by atoms with E-state index >= 15 is 0 Å². The lowest BCUT2D eigenvalue weighted by atomic mass is 10.0. The molecule has 126 valence electrons. The first-order chi connectivity index (χ1) is 12.2. The Bertz CT molecular complexity index is 911. The minimum absolute atomic E-state index is 0.805. The number of H-pyrrole nitrogens is 1. The van der Waals surface area contributed by atoms with Crippen molar-refractivity contribution >= 4 is 18.0 Å². The molecule has 1 N–H and O–H groups in total. The fraction of sp³-hybridized carbons (Fsp3) is 0.250. The van der Waals surface area contributed by atoms with Crippen molar-refractivity contribution < 1.29 is 0 Å². The Hall–Kier alpha value is -2.95. The van der Waals surface area contributed by atoms with Crippen LogP contribution in [-0.2, 0) is 13.0 Å². The number of nitrogens with one attached hydrogen (secondary N) is 1. The van der Waals surface area contributed by atoms with Crippen LogP contribution in [0.3, 0.4) is 0 Å². The molecule has 0 spiro atoms. The third kappa shape index (κ3) is 3.18. The van der Waals surface area contributed by atoms with Gasteiger partial charge in [0.1, 0.15) is 0 Å².